The SMILES string of the molecule is CC12C=C1C(c1ccc3c(c1)OCO3)=Cc1nccn12.N#CCC/C=C\C12C=CC=CC1C2. The molecule has 1 saturated carbocycles. The van der Waals surface area contributed by atoms with E-state index >= 15 is 0 Å². The molecule has 1 fully saturated rings. The highest BCUT2D eigenvalue weighted by Crippen LogP contribution is 2.57. The number of hydrogen-bond acceptors (Lipinski definition) is 4. The molecule has 5 heteroatoms. The lowest BCUT2D eigenvalue weighted by Gasteiger charge is -2.23. The Kier molecular flexibility index (Phi) is 4.45. The molecule has 0 amide bonds. The molecule has 3 unspecified atom stereocenters. The third-order valence-electron chi connectivity index (χ3n) is 7.12. The summed E-state index contributed by atoms with van der Waals surface area (Å²) in [6.45, 7) is 2.52. The zero-order valence-electron chi connectivity index (χ0n) is 18.6. The minimum atomic E-state index is -0.00765. The van der Waals surface area contributed by atoms with Gasteiger partial charge in [0.05, 0.1) is 11.6 Å². The van der Waals surface area contributed by atoms with Gasteiger partial charge >= 0.3 is 0 Å². The van der Waals surface area contributed by atoms with Gasteiger partial charge in [0.2, 0.25) is 6.79 Å². The van der Waals surface area contributed by atoms with Crippen LogP contribution in [-0.4, -0.2) is 16.3 Å². The number of rotatable bonds is 4. The highest BCUT2D eigenvalue weighted by Gasteiger charge is 2.49. The molecule has 33 heavy (non-hydrogen) atoms. The van der Waals surface area contributed by atoms with Gasteiger partial charge in [0.25, 0.3) is 0 Å². The molecule has 5 nitrogen and oxygen atoms in total. The number of allylic oxidation sites excluding steroid dienone is 9. The lowest BCUT2D eigenvalue weighted by atomic mass is 9.95. The predicted octanol–water partition coefficient (Wildman–Crippen LogP) is 5.80. The fourth-order valence-corrected chi connectivity index (χ4v) is 5.01. The van der Waals surface area contributed by atoms with Crippen molar-refractivity contribution in [3.8, 4) is 17.6 Å². The van der Waals surface area contributed by atoms with Crippen molar-refractivity contribution in [1.82, 2.24) is 9.55 Å². The highest BCUT2D eigenvalue weighted by molar-refractivity contribution is 5.98. The first-order valence-corrected chi connectivity index (χ1v) is 11.4. The maximum absolute atomic E-state index is 8.37. The van der Waals surface area contributed by atoms with E-state index in [1.165, 1.54) is 17.6 Å². The number of ether oxygens (including phenoxy) is 2. The molecule has 7 rings (SSSR count). The summed E-state index contributed by atoms with van der Waals surface area (Å²) in [6.07, 6.45) is 24.3. The van der Waals surface area contributed by atoms with E-state index in [0.29, 0.717) is 18.6 Å². The lowest BCUT2D eigenvalue weighted by molar-refractivity contribution is 0.174. The van der Waals surface area contributed by atoms with Gasteiger partial charge in [-0.1, -0.05) is 42.5 Å². The molecule has 5 aliphatic rings. The topological polar surface area (TPSA) is 60.1 Å². The smallest absolute Gasteiger partial charge is 0.231 e. The molecule has 0 saturated heterocycles. The fraction of sp³-hybridized carbons (Fsp3) is 0.286. The van der Waals surface area contributed by atoms with E-state index in [4.69, 9.17) is 14.7 Å². The Hall–Kier alpha value is -3.78. The number of nitrogens with zero attached hydrogens (tertiary/aromatic N) is 3. The Morgan fingerprint density at radius 3 is 3.06 bits per heavy atom. The van der Waals surface area contributed by atoms with E-state index in [0.717, 1.165) is 35.2 Å². The van der Waals surface area contributed by atoms with Crippen LogP contribution in [0.15, 0.2) is 78.7 Å². The van der Waals surface area contributed by atoms with Crippen LogP contribution in [0.4, 0.5) is 0 Å². The summed E-state index contributed by atoms with van der Waals surface area (Å²) in [6, 6.07) is 8.25. The van der Waals surface area contributed by atoms with Crippen molar-refractivity contribution in [3.63, 3.8) is 0 Å². The first-order chi connectivity index (χ1) is 16.1. The quantitative estimate of drug-likeness (QED) is 0.450. The molecule has 3 heterocycles. The highest BCUT2D eigenvalue weighted by atomic mass is 16.7. The van der Waals surface area contributed by atoms with E-state index < -0.39 is 0 Å². The van der Waals surface area contributed by atoms with E-state index in [-0.39, 0.29) is 5.54 Å². The Bertz CT molecular complexity index is 1320. The van der Waals surface area contributed by atoms with Crippen molar-refractivity contribution in [1.29, 1.82) is 5.26 Å². The average molecular weight is 436 g/mol. The van der Waals surface area contributed by atoms with Crippen LogP contribution in [0, 0.1) is 22.7 Å². The number of aromatic nitrogens is 2. The normalized spacial score (nSPS) is 28.5. The molecule has 164 valence electrons. The van der Waals surface area contributed by atoms with Crippen LogP contribution < -0.4 is 9.47 Å². The summed E-state index contributed by atoms with van der Waals surface area (Å²) in [4.78, 5) is 4.42. The predicted molar refractivity (Wildman–Crippen MR) is 127 cm³/mol. The number of nitriles is 1. The molecule has 3 aliphatic carbocycles. The van der Waals surface area contributed by atoms with E-state index in [2.05, 4.69) is 77.2 Å². The molecule has 0 spiro atoms. The monoisotopic (exact) mass is 435 g/mol. The summed E-state index contributed by atoms with van der Waals surface area (Å²) in [5, 5.41) is 8.37. The third kappa shape index (κ3) is 3.34. The van der Waals surface area contributed by atoms with Gasteiger partial charge in [-0.05, 0) is 66.7 Å². The minimum Gasteiger partial charge on any atom is -0.454 e. The second-order valence-electron chi connectivity index (χ2n) is 9.25. The molecular weight excluding hydrogens is 410 g/mol. The van der Waals surface area contributed by atoms with Crippen LogP contribution in [0.2, 0.25) is 0 Å². The van der Waals surface area contributed by atoms with Crippen LogP contribution >= 0.6 is 0 Å². The number of hydrogen-bond donors (Lipinski definition) is 0. The number of benzene rings is 1. The molecule has 0 radical (unpaired) electrons. The zero-order chi connectivity index (χ0) is 22.5. The largest absolute Gasteiger partial charge is 0.454 e. The van der Waals surface area contributed by atoms with Crippen LogP contribution in [0.1, 0.15) is 37.6 Å². The Balaban J connectivity index is 0.000000138. The molecule has 2 aliphatic heterocycles. The summed E-state index contributed by atoms with van der Waals surface area (Å²) < 4.78 is 13.0. The first kappa shape index (κ1) is 19.9. The van der Waals surface area contributed by atoms with Gasteiger partial charge < -0.3 is 14.0 Å². The van der Waals surface area contributed by atoms with Crippen LogP contribution in [0.5, 0.6) is 11.5 Å². The molecule has 0 bridgehead atoms. The maximum Gasteiger partial charge on any atom is 0.231 e. The van der Waals surface area contributed by atoms with Gasteiger partial charge in [0.15, 0.2) is 11.5 Å². The average Bonchev–Trinajstić information content (AvgIpc) is 3.55. The lowest BCUT2D eigenvalue weighted by Crippen LogP contribution is -2.20. The fourth-order valence-electron chi connectivity index (χ4n) is 5.01. The van der Waals surface area contributed by atoms with Gasteiger partial charge in [-0.25, -0.2) is 4.98 Å². The Morgan fingerprint density at radius 2 is 2.18 bits per heavy atom. The molecule has 2 aromatic rings. The molecule has 1 aromatic carbocycles. The summed E-state index contributed by atoms with van der Waals surface area (Å²) in [5.41, 5.74) is 4.06. The van der Waals surface area contributed by atoms with Crippen molar-refractivity contribution >= 4 is 11.6 Å². The number of unbranched alkanes of at least 4 members (excludes halogenated alkanes) is 1. The van der Waals surface area contributed by atoms with Gasteiger partial charge in [-0.3, -0.25) is 0 Å². The van der Waals surface area contributed by atoms with Gasteiger partial charge in [0, 0.05) is 24.2 Å². The van der Waals surface area contributed by atoms with Gasteiger partial charge in [0.1, 0.15) is 5.82 Å². The summed E-state index contributed by atoms with van der Waals surface area (Å²) in [5.74, 6) is 3.37. The molecule has 3 atom stereocenters. The number of fused-ring (bicyclic) bond motifs is 5. The van der Waals surface area contributed by atoms with E-state index in [1.807, 2.05) is 24.5 Å². The van der Waals surface area contributed by atoms with Crippen molar-refractivity contribution in [2.45, 2.75) is 31.7 Å². The van der Waals surface area contributed by atoms with Crippen molar-refractivity contribution < 1.29 is 9.47 Å². The summed E-state index contributed by atoms with van der Waals surface area (Å²) >= 11 is 0. The van der Waals surface area contributed by atoms with Gasteiger partial charge in [-0.15, -0.1) is 0 Å². The van der Waals surface area contributed by atoms with Crippen LogP contribution in [0.3, 0.4) is 0 Å². The van der Waals surface area contributed by atoms with E-state index in [1.54, 1.807) is 0 Å². The Labute approximate surface area is 193 Å². The number of imidazole rings is 1. The van der Waals surface area contributed by atoms with Crippen LogP contribution in [0.25, 0.3) is 11.6 Å². The van der Waals surface area contributed by atoms with Crippen molar-refractivity contribution in [2.24, 2.45) is 11.3 Å². The van der Waals surface area contributed by atoms with Crippen molar-refractivity contribution in [3.05, 3.63) is 90.1 Å². The minimum absolute atomic E-state index is 0.00765. The first-order valence-electron chi connectivity index (χ1n) is 11.4. The van der Waals surface area contributed by atoms with E-state index in [9.17, 15) is 0 Å². The molecule has 1 aromatic heterocycles. The van der Waals surface area contributed by atoms with Crippen molar-refractivity contribution in [2.75, 3.05) is 6.79 Å². The standard InChI is InChI=1S/C16H12N2O2.C12H13N/c1-16-8-12(16)11(7-15-17-4-5-18(15)16)10-2-3-13-14(6-10)20-9-19-13;13-9-5-1-3-7-12-8-4-2-6-11(12)10-12/h2-8H,9H2,1H3;2-4,6-8,11H,1,5,10H2/b;7-3-. The zero-order valence-corrected chi connectivity index (χ0v) is 18.6. The second kappa shape index (κ2) is 7.38. The van der Waals surface area contributed by atoms with Crippen LogP contribution in [-0.2, 0) is 5.54 Å². The maximum atomic E-state index is 8.37. The Morgan fingerprint density at radius 1 is 1.27 bits per heavy atom. The summed E-state index contributed by atoms with van der Waals surface area (Å²) in [7, 11) is 0. The second-order valence-corrected chi connectivity index (χ2v) is 9.25. The molecule has 0 N–H and O–H groups in total. The molecular formula is C28H25N3O2. The van der Waals surface area contributed by atoms with Gasteiger partial charge in [-0.2, -0.15) is 5.26 Å². The third-order valence-corrected chi connectivity index (χ3v) is 7.12.